The van der Waals surface area contributed by atoms with Gasteiger partial charge in [0.2, 0.25) is 0 Å². The third kappa shape index (κ3) is 10.6. The van der Waals surface area contributed by atoms with Crippen LogP contribution in [0.25, 0.3) is 0 Å². The van der Waals surface area contributed by atoms with E-state index < -0.39 is 160 Å². The first-order valence-electron chi connectivity index (χ1n) is 27.3. The molecule has 2 unspecified atom stereocenters. The molecule has 4 heterocycles. The number of aliphatic hydroxyl groups excluding tert-OH is 14. The summed E-state index contributed by atoms with van der Waals surface area (Å²) in [6.07, 6.45) is -23.0. The van der Waals surface area contributed by atoms with Gasteiger partial charge in [-0.1, -0.05) is 46.3 Å². The Bertz CT molecular complexity index is 1940. The molecular weight excluding hydrogens is 989 g/mol. The average molecular weight is 1080 g/mol. The van der Waals surface area contributed by atoms with Gasteiger partial charge in [-0.05, 0) is 124 Å². The van der Waals surface area contributed by atoms with Crippen LogP contribution in [-0.2, 0) is 37.9 Å². The van der Waals surface area contributed by atoms with Crippen molar-refractivity contribution >= 4 is 0 Å². The predicted molar refractivity (Wildman–Crippen MR) is 260 cm³/mol. The molecule has 8 aliphatic rings. The van der Waals surface area contributed by atoms with Gasteiger partial charge >= 0.3 is 0 Å². The van der Waals surface area contributed by atoms with Crippen molar-refractivity contribution in [2.24, 2.45) is 45.3 Å². The van der Waals surface area contributed by atoms with Crippen LogP contribution in [0.15, 0.2) is 11.6 Å². The molecule has 4 saturated carbocycles. The van der Waals surface area contributed by atoms with Gasteiger partial charge < -0.3 is 109 Å². The van der Waals surface area contributed by atoms with Crippen molar-refractivity contribution < 1.29 is 109 Å². The summed E-state index contributed by atoms with van der Waals surface area (Å²) in [6, 6.07) is 0. The molecule has 0 spiro atoms. The lowest BCUT2D eigenvalue weighted by Gasteiger charge is -2.71. The number of hydrogen-bond donors (Lipinski definition) is 14. The van der Waals surface area contributed by atoms with Crippen molar-refractivity contribution in [2.75, 3.05) is 26.4 Å². The second-order valence-electron chi connectivity index (χ2n) is 25.3. The molecule has 0 aromatic heterocycles. The molecule has 8 fully saturated rings. The molecule has 22 heteroatoms. The summed E-state index contributed by atoms with van der Waals surface area (Å²) < 4.78 is 49.0. The Labute approximate surface area is 439 Å². The molecule has 4 aliphatic carbocycles. The van der Waals surface area contributed by atoms with Gasteiger partial charge in [-0.3, -0.25) is 0 Å². The van der Waals surface area contributed by atoms with Crippen LogP contribution in [0.1, 0.15) is 113 Å². The van der Waals surface area contributed by atoms with E-state index >= 15 is 0 Å². The van der Waals surface area contributed by atoms with E-state index in [1.807, 2.05) is 20.8 Å². The van der Waals surface area contributed by atoms with Gasteiger partial charge in [-0.15, -0.1) is 0 Å². The van der Waals surface area contributed by atoms with E-state index in [0.29, 0.717) is 38.5 Å². The standard InChI is InChI=1S/C53H90O22/c1-23(2)10-9-14-53(8,75-47-43(67)39(63)36(60)28(20-55)71-47)24-11-16-52(7)33(24)25(56)18-31-50(5)15-13-32(49(3,4)30(50)12-17-51(31,52)6)73-48-44(74-46-42(66)38(62)35(59)27(19-54)70-46)40(64)37(61)29(72-48)22-69-45-41(65)34(58)26(57)21-68-45/h10,24-48,54-67H,9,11-22H2,1-8H3/t24?,25-,26-,27-,28-,29-,30+,31?,32+,33+,34+,35-,36-,37-,38+,39+,40+,41-,42-,43-,44-,45+,46+,47+,48+,50+,51-,52-,53+/m1/s1. The summed E-state index contributed by atoms with van der Waals surface area (Å²) >= 11 is 0. The van der Waals surface area contributed by atoms with E-state index in [2.05, 4.69) is 40.7 Å². The van der Waals surface area contributed by atoms with Crippen LogP contribution in [0.3, 0.4) is 0 Å². The van der Waals surface area contributed by atoms with E-state index in [1.165, 1.54) is 0 Å². The highest BCUT2D eigenvalue weighted by molar-refractivity contribution is 5.20. The maximum atomic E-state index is 12.8. The summed E-state index contributed by atoms with van der Waals surface area (Å²) in [6.45, 7) is 15.1. The Kier molecular flexibility index (Phi) is 18.1. The minimum Gasteiger partial charge on any atom is -0.394 e. The summed E-state index contributed by atoms with van der Waals surface area (Å²) in [5, 5.41) is 152. The Hall–Kier alpha value is -1.14. The lowest BCUT2D eigenvalue weighted by molar-refractivity contribution is -0.382. The zero-order valence-corrected chi connectivity index (χ0v) is 44.7. The van der Waals surface area contributed by atoms with Crippen LogP contribution >= 0.6 is 0 Å². The van der Waals surface area contributed by atoms with Crippen LogP contribution in [0.4, 0.5) is 0 Å². The number of allylic oxidation sites excluding steroid dienone is 2. The topological polar surface area (TPSA) is 357 Å². The molecule has 0 radical (unpaired) electrons. The van der Waals surface area contributed by atoms with Gasteiger partial charge in [0.15, 0.2) is 25.2 Å². The van der Waals surface area contributed by atoms with E-state index in [4.69, 9.17) is 37.9 Å². The van der Waals surface area contributed by atoms with Gasteiger partial charge in [0.05, 0.1) is 44.2 Å². The zero-order valence-electron chi connectivity index (χ0n) is 44.7. The van der Waals surface area contributed by atoms with Crippen molar-refractivity contribution in [3.05, 3.63) is 11.6 Å². The van der Waals surface area contributed by atoms with Gasteiger partial charge in [-0.2, -0.15) is 0 Å². The van der Waals surface area contributed by atoms with Crippen molar-refractivity contribution in [1.29, 1.82) is 0 Å². The molecule has 0 aromatic rings. The van der Waals surface area contributed by atoms with Crippen molar-refractivity contribution in [2.45, 2.75) is 248 Å². The number of aliphatic hydroxyl groups is 14. The minimum atomic E-state index is -1.86. The molecule has 75 heavy (non-hydrogen) atoms. The molecule has 4 saturated heterocycles. The second kappa shape index (κ2) is 22.7. The van der Waals surface area contributed by atoms with Crippen LogP contribution in [0.5, 0.6) is 0 Å². The monoisotopic (exact) mass is 1080 g/mol. The fourth-order valence-corrected chi connectivity index (χ4v) is 16.0. The molecule has 4 aliphatic heterocycles. The molecule has 29 atom stereocenters. The normalized spacial score (nSPS) is 52.7. The third-order valence-electron chi connectivity index (χ3n) is 20.5. The first kappa shape index (κ1) is 60.0. The summed E-state index contributed by atoms with van der Waals surface area (Å²) in [5.74, 6) is -0.354. The Morgan fingerprint density at radius 3 is 1.79 bits per heavy atom. The van der Waals surface area contributed by atoms with E-state index in [0.717, 1.165) is 24.8 Å². The highest BCUT2D eigenvalue weighted by Crippen LogP contribution is 2.76. The quantitative estimate of drug-likeness (QED) is 0.0651. The highest BCUT2D eigenvalue weighted by atomic mass is 16.8. The number of ether oxygens (including phenoxy) is 8. The molecular formula is C53H90O22. The van der Waals surface area contributed by atoms with E-state index in [-0.39, 0.29) is 46.5 Å². The molecule has 0 aromatic carbocycles. The van der Waals surface area contributed by atoms with E-state index in [1.54, 1.807) is 0 Å². The van der Waals surface area contributed by atoms with Gasteiger partial charge in [0.25, 0.3) is 0 Å². The highest BCUT2D eigenvalue weighted by Gasteiger charge is 2.72. The molecule has 0 bridgehead atoms. The smallest absolute Gasteiger partial charge is 0.187 e. The van der Waals surface area contributed by atoms with Crippen LogP contribution in [-0.4, -0.2) is 232 Å². The third-order valence-corrected chi connectivity index (χ3v) is 20.5. The van der Waals surface area contributed by atoms with Crippen molar-refractivity contribution in [3.63, 3.8) is 0 Å². The number of fused-ring (bicyclic) bond motifs is 5. The number of hydrogen-bond acceptors (Lipinski definition) is 22. The van der Waals surface area contributed by atoms with Crippen LogP contribution in [0.2, 0.25) is 0 Å². The zero-order chi connectivity index (χ0) is 55.1. The van der Waals surface area contributed by atoms with Gasteiger partial charge in [0.1, 0.15) is 91.6 Å². The Morgan fingerprint density at radius 2 is 1.16 bits per heavy atom. The molecule has 22 nitrogen and oxygen atoms in total. The fourth-order valence-electron chi connectivity index (χ4n) is 16.0. The molecule has 434 valence electrons. The maximum Gasteiger partial charge on any atom is 0.187 e. The number of rotatable bonds is 15. The molecule has 8 rings (SSSR count). The fraction of sp³-hybridized carbons (Fsp3) is 0.962. The van der Waals surface area contributed by atoms with Crippen molar-refractivity contribution in [3.8, 4) is 0 Å². The minimum absolute atomic E-state index is 0.0185. The Balaban J connectivity index is 1.04. The van der Waals surface area contributed by atoms with Gasteiger partial charge in [-0.25, -0.2) is 0 Å². The molecule has 14 N–H and O–H groups in total. The first-order chi connectivity index (χ1) is 35.1. The lowest BCUT2D eigenvalue weighted by atomic mass is 9.35. The average Bonchev–Trinajstić information content (AvgIpc) is 3.75. The lowest BCUT2D eigenvalue weighted by Crippen LogP contribution is -2.68. The molecule has 0 amide bonds. The predicted octanol–water partition coefficient (Wildman–Crippen LogP) is -1.56. The second-order valence-corrected chi connectivity index (χ2v) is 25.3. The SMILES string of the molecule is CC(C)=CCC[C@](C)(O[C@@H]1O[C@H](CO)[C@@H](O)[C@H](O)[C@H]1O)C1CC[C@]2(C)[C@@H]1[C@H](O)CC1[C@@]3(C)CC[C@H](O[C@@H]4O[C@H](CO[C@@H]5OC[C@@H](O)[C@H](O)[C@H]5O)[C@@H](O)[C@H](O)[C@H]4O[C@@H]4O[C@H](CO)[C@@H](O)[C@H](O)[C@H]4O)C(C)(C)[C@@H]3CC[C@]12C. The first-order valence-corrected chi connectivity index (χ1v) is 27.3. The van der Waals surface area contributed by atoms with Gasteiger partial charge in [0, 0.05) is 0 Å². The maximum absolute atomic E-state index is 12.8. The van der Waals surface area contributed by atoms with Crippen LogP contribution in [0, 0.1) is 45.3 Å². The van der Waals surface area contributed by atoms with Crippen LogP contribution < -0.4 is 0 Å². The van der Waals surface area contributed by atoms with E-state index in [9.17, 15) is 71.5 Å². The summed E-state index contributed by atoms with van der Waals surface area (Å²) in [4.78, 5) is 0. The van der Waals surface area contributed by atoms with Crippen molar-refractivity contribution in [1.82, 2.24) is 0 Å². The Morgan fingerprint density at radius 1 is 0.587 bits per heavy atom. The summed E-state index contributed by atoms with van der Waals surface area (Å²) in [5.41, 5.74) is -1.43. The largest absolute Gasteiger partial charge is 0.394 e. The summed E-state index contributed by atoms with van der Waals surface area (Å²) in [7, 11) is 0.